The average molecular weight is 887 g/mol. The van der Waals surface area contributed by atoms with Crippen LogP contribution in [0.25, 0.3) is 106 Å². The van der Waals surface area contributed by atoms with Gasteiger partial charge in [-0.3, -0.25) is 0 Å². The maximum absolute atomic E-state index is 13.8. The van der Waals surface area contributed by atoms with E-state index in [4.69, 9.17) is 19.9 Å². The van der Waals surface area contributed by atoms with Gasteiger partial charge >= 0.3 is 6.18 Å². The number of halogens is 3. The first-order chi connectivity index (χ1) is 33.2. The molecule has 3 aromatic heterocycles. The van der Waals surface area contributed by atoms with Gasteiger partial charge in [-0.15, -0.1) is 0 Å². The molecule has 8 aromatic carbocycles. The first-order valence-electron chi connectivity index (χ1n) is 22.0. The predicted molar refractivity (Wildman–Crippen MR) is 264 cm³/mol. The number of fused-ring (bicyclic) bond motifs is 3. The normalized spacial score (nSPS) is 11.5. The summed E-state index contributed by atoms with van der Waals surface area (Å²) in [6.07, 6.45) is -4.46. The standard InChI is InChI=1S/C59H37F3N6/c1-37-30-44(59(60,61)62)27-28-45(37)43-26-29-55-47(33-43)46-24-14-15-25-54(46)68(55)56-48(53-35-52(41-20-10-4-11-21-41)64-57(67-53)42-22-12-5-13-23-42)31-38(36-63)32-49(56)58-65-50(39-16-6-2-7-17-39)34-51(66-58)40-18-8-3-9-19-40/h2-35H,1H3. The monoisotopic (exact) mass is 886 g/mol. The van der Waals surface area contributed by atoms with Gasteiger partial charge in [0.1, 0.15) is 0 Å². The lowest BCUT2D eigenvalue weighted by atomic mass is 9.96. The van der Waals surface area contributed by atoms with Crippen molar-refractivity contribution in [3.63, 3.8) is 0 Å². The third kappa shape index (κ3) is 7.74. The molecule has 9 heteroatoms. The molecular weight excluding hydrogens is 850 g/mol. The first-order valence-corrected chi connectivity index (χ1v) is 22.0. The molecule has 0 radical (unpaired) electrons. The highest BCUT2D eigenvalue weighted by Crippen LogP contribution is 2.44. The molecule has 0 bridgehead atoms. The smallest absolute Gasteiger partial charge is 0.308 e. The Labute approximate surface area is 390 Å². The molecule has 0 saturated heterocycles. The number of nitriles is 1. The van der Waals surface area contributed by atoms with Crippen molar-refractivity contribution < 1.29 is 13.2 Å². The lowest BCUT2D eigenvalue weighted by Crippen LogP contribution is -2.06. The summed E-state index contributed by atoms with van der Waals surface area (Å²) in [6.45, 7) is 1.70. The molecule has 0 spiro atoms. The molecule has 6 nitrogen and oxygen atoms in total. The van der Waals surface area contributed by atoms with E-state index >= 15 is 0 Å². The number of aromatic nitrogens is 5. The van der Waals surface area contributed by atoms with Crippen molar-refractivity contribution in [2.75, 3.05) is 0 Å². The second kappa shape index (κ2) is 17.1. The van der Waals surface area contributed by atoms with E-state index < -0.39 is 11.7 Å². The maximum Gasteiger partial charge on any atom is 0.416 e. The van der Waals surface area contributed by atoms with Crippen LogP contribution in [0.15, 0.2) is 206 Å². The van der Waals surface area contributed by atoms with Crippen LogP contribution < -0.4 is 0 Å². The number of rotatable bonds is 8. The van der Waals surface area contributed by atoms with Crippen LogP contribution in [-0.4, -0.2) is 24.5 Å². The van der Waals surface area contributed by atoms with Crippen LogP contribution in [0, 0.1) is 18.3 Å². The highest BCUT2D eigenvalue weighted by Gasteiger charge is 2.31. The molecule has 0 saturated carbocycles. The van der Waals surface area contributed by atoms with Crippen molar-refractivity contribution in [3.05, 3.63) is 223 Å². The summed E-state index contributed by atoms with van der Waals surface area (Å²) in [7, 11) is 0. The Hall–Kier alpha value is -9.00. The number of nitrogens with zero attached hydrogens (tertiary/aromatic N) is 6. The Balaban J connectivity index is 1.26. The lowest BCUT2D eigenvalue weighted by molar-refractivity contribution is -0.137. The van der Waals surface area contributed by atoms with E-state index in [1.807, 2.05) is 188 Å². The highest BCUT2D eigenvalue weighted by molar-refractivity contribution is 6.12. The molecule has 0 aliphatic rings. The van der Waals surface area contributed by atoms with Gasteiger partial charge in [0.15, 0.2) is 11.6 Å². The van der Waals surface area contributed by atoms with E-state index in [-0.39, 0.29) is 0 Å². The van der Waals surface area contributed by atoms with Gasteiger partial charge in [0.25, 0.3) is 0 Å². The molecule has 0 N–H and O–H groups in total. The molecule has 0 unspecified atom stereocenters. The van der Waals surface area contributed by atoms with Gasteiger partial charge in [0.05, 0.1) is 56.7 Å². The van der Waals surface area contributed by atoms with Gasteiger partial charge in [-0.1, -0.05) is 152 Å². The van der Waals surface area contributed by atoms with E-state index in [0.717, 1.165) is 55.7 Å². The van der Waals surface area contributed by atoms with E-state index in [2.05, 4.69) is 10.6 Å². The van der Waals surface area contributed by atoms with Crippen LogP contribution in [0.2, 0.25) is 0 Å². The van der Waals surface area contributed by atoms with Crippen molar-refractivity contribution in [2.45, 2.75) is 13.1 Å². The topological polar surface area (TPSA) is 80.3 Å². The van der Waals surface area contributed by atoms with Crippen LogP contribution >= 0.6 is 0 Å². The summed E-state index contributed by atoms with van der Waals surface area (Å²) in [4.78, 5) is 21.0. The molecule has 68 heavy (non-hydrogen) atoms. The minimum absolute atomic E-state index is 0.371. The Morgan fingerprint density at radius 2 is 0.926 bits per heavy atom. The molecule has 0 atom stereocenters. The lowest BCUT2D eigenvalue weighted by Gasteiger charge is -2.20. The zero-order valence-corrected chi connectivity index (χ0v) is 36.4. The van der Waals surface area contributed by atoms with Gasteiger partial charge in [0.2, 0.25) is 0 Å². The summed E-state index contributed by atoms with van der Waals surface area (Å²) in [6, 6.07) is 67.6. The number of hydrogen-bond acceptors (Lipinski definition) is 5. The first kappa shape index (κ1) is 41.7. The van der Waals surface area contributed by atoms with Crippen molar-refractivity contribution >= 4 is 21.8 Å². The Kier molecular flexibility index (Phi) is 10.5. The van der Waals surface area contributed by atoms with Crippen molar-refractivity contribution in [1.82, 2.24) is 24.5 Å². The van der Waals surface area contributed by atoms with Crippen LogP contribution in [0.5, 0.6) is 0 Å². The molecule has 0 aliphatic carbocycles. The van der Waals surface area contributed by atoms with Crippen LogP contribution in [0.4, 0.5) is 13.2 Å². The van der Waals surface area contributed by atoms with Crippen LogP contribution in [0.3, 0.4) is 0 Å². The zero-order valence-electron chi connectivity index (χ0n) is 36.4. The Morgan fingerprint density at radius 1 is 0.426 bits per heavy atom. The second-order valence-electron chi connectivity index (χ2n) is 16.5. The van der Waals surface area contributed by atoms with Crippen LogP contribution in [-0.2, 0) is 6.18 Å². The van der Waals surface area contributed by atoms with Crippen molar-refractivity contribution in [3.8, 4) is 90.7 Å². The Bertz CT molecular complexity index is 3470. The fourth-order valence-corrected chi connectivity index (χ4v) is 8.99. The summed E-state index contributed by atoms with van der Waals surface area (Å²) in [5, 5.41) is 12.7. The van der Waals surface area contributed by atoms with E-state index in [1.165, 1.54) is 6.07 Å². The quantitative estimate of drug-likeness (QED) is 0.152. The van der Waals surface area contributed by atoms with Gasteiger partial charge < -0.3 is 4.57 Å². The molecule has 3 heterocycles. The molecule has 0 amide bonds. The third-order valence-corrected chi connectivity index (χ3v) is 12.2. The number of alkyl halides is 3. The fraction of sp³-hybridized carbons (Fsp3) is 0.0339. The molecule has 11 rings (SSSR count). The summed E-state index contributed by atoms with van der Waals surface area (Å²) in [5.74, 6) is 0.895. The third-order valence-electron chi connectivity index (χ3n) is 12.2. The van der Waals surface area contributed by atoms with Gasteiger partial charge in [-0.25, -0.2) is 19.9 Å². The largest absolute Gasteiger partial charge is 0.416 e. The van der Waals surface area contributed by atoms with E-state index in [9.17, 15) is 18.4 Å². The van der Waals surface area contributed by atoms with Crippen molar-refractivity contribution in [1.29, 1.82) is 5.26 Å². The molecule has 0 fully saturated rings. The summed E-state index contributed by atoms with van der Waals surface area (Å²) < 4.78 is 43.6. The zero-order chi connectivity index (χ0) is 46.4. The van der Waals surface area contributed by atoms with Gasteiger partial charge in [-0.05, 0) is 78.2 Å². The van der Waals surface area contributed by atoms with E-state index in [1.54, 1.807) is 13.0 Å². The Morgan fingerprint density at radius 3 is 1.50 bits per heavy atom. The van der Waals surface area contributed by atoms with Crippen LogP contribution in [0.1, 0.15) is 16.7 Å². The van der Waals surface area contributed by atoms with Gasteiger partial charge in [-0.2, -0.15) is 18.4 Å². The molecular formula is C59H37F3N6. The second-order valence-corrected chi connectivity index (χ2v) is 16.5. The maximum atomic E-state index is 13.8. The minimum atomic E-state index is -4.46. The fourth-order valence-electron chi connectivity index (χ4n) is 8.99. The van der Waals surface area contributed by atoms with Crippen molar-refractivity contribution in [2.24, 2.45) is 0 Å². The number of benzene rings is 8. The molecule has 324 valence electrons. The summed E-state index contributed by atoms with van der Waals surface area (Å²) in [5.41, 5.74) is 11.4. The molecule has 0 aliphatic heterocycles. The highest BCUT2D eigenvalue weighted by atomic mass is 19.4. The summed E-state index contributed by atoms with van der Waals surface area (Å²) >= 11 is 0. The SMILES string of the molecule is Cc1cc(C(F)(F)F)ccc1-c1ccc2c(c1)c1ccccc1n2-c1c(-c2cc(-c3ccccc3)nc(-c3ccccc3)n2)cc(C#N)cc1-c1nc(-c2ccccc2)cc(-c2ccccc2)n1. The predicted octanol–water partition coefficient (Wildman–Crippen LogP) is 15.2. The number of hydrogen-bond donors (Lipinski definition) is 0. The minimum Gasteiger partial charge on any atom is -0.308 e. The van der Waals surface area contributed by atoms with Gasteiger partial charge in [0, 0.05) is 44.2 Å². The van der Waals surface area contributed by atoms with E-state index in [0.29, 0.717) is 67.9 Å². The average Bonchev–Trinajstić information content (AvgIpc) is 3.72. The number of para-hydroxylation sites is 1. The number of aryl methyl sites for hydroxylation is 1. The molecule has 11 aromatic rings.